The molecule has 0 fully saturated rings. The van der Waals surface area contributed by atoms with E-state index in [1.807, 2.05) is 0 Å². The summed E-state index contributed by atoms with van der Waals surface area (Å²) in [5.41, 5.74) is 0. The maximum absolute atomic E-state index is 4.59. The van der Waals surface area contributed by atoms with Crippen LogP contribution in [0.3, 0.4) is 0 Å². The van der Waals surface area contributed by atoms with E-state index in [2.05, 4.69) is 29.3 Å². The zero-order valence-corrected chi connectivity index (χ0v) is 7.49. The number of anilines is 1. The molecule has 0 aliphatic carbocycles. The fourth-order valence-electron chi connectivity index (χ4n) is 0.835. The number of nitrogens with zero attached hydrogens (tertiary/aromatic N) is 4. The molecule has 1 N–H and O–H groups in total. The monoisotopic (exact) mass is 197 g/mol. The lowest BCUT2D eigenvalue weighted by molar-refractivity contribution is 0.410. The minimum Gasteiger partial charge on any atom is -0.360 e. The summed E-state index contributed by atoms with van der Waals surface area (Å²) in [6.07, 6.45) is 3.55. The van der Waals surface area contributed by atoms with Crippen molar-refractivity contribution in [3.8, 4) is 0 Å². The third kappa shape index (κ3) is 2.22. The molecule has 0 amide bonds. The van der Waals surface area contributed by atoms with Crippen molar-refractivity contribution in [3.05, 3.63) is 18.5 Å². The van der Waals surface area contributed by atoms with Crippen LogP contribution >= 0.6 is 11.5 Å². The second-order valence-electron chi connectivity index (χ2n) is 2.27. The lowest BCUT2D eigenvalue weighted by Gasteiger charge is -1.96. The summed E-state index contributed by atoms with van der Waals surface area (Å²) < 4.78 is 8.44. The summed E-state index contributed by atoms with van der Waals surface area (Å²) in [6, 6.07) is 0. The molecule has 6 nitrogen and oxygen atoms in total. The van der Waals surface area contributed by atoms with Gasteiger partial charge in [0.25, 0.3) is 0 Å². The molecule has 7 heteroatoms. The molecule has 0 saturated carbocycles. The Morgan fingerprint density at radius 3 is 3.15 bits per heavy atom. The highest BCUT2D eigenvalue weighted by molar-refractivity contribution is 7.09. The van der Waals surface area contributed by atoms with Crippen molar-refractivity contribution in [1.29, 1.82) is 0 Å². The van der Waals surface area contributed by atoms with Gasteiger partial charge in [-0.25, -0.2) is 4.98 Å². The van der Waals surface area contributed by atoms with Crippen LogP contribution < -0.4 is 5.32 Å². The first-order valence-corrected chi connectivity index (χ1v) is 4.48. The van der Waals surface area contributed by atoms with Crippen LogP contribution in [0.4, 0.5) is 5.13 Å². The molecule has 2 rings (SSSR count). The summed E-state index contributed by atoms with van der Waals surface area (Å²) in [5.74, 6) is 0.692. The van der Waals surface area contributed by atoms with E-state index in [4.69, 9.17) is 0 Å². The van der Waals surface area contributed by atoms with Crippen molar-refractivity contribution in [3.63, 3.8) is 0 Å². The quantitative estimate of drug-likeness (QED) is 0.772. The van der Waals surface area contributed by atoms with Gasteiger partial charge in [0, 0.05) is 24.5 Å². The third-order valence-electron chi connectivity index (χ3n) is 1.39. The minimum atomic E-state index is 0.692. The van der Waals surface area contributed by atoms with Crippen LogP contribution in [0.25, 0.3) is 0 Å². The van der Waals surface area contributed by atoms with Gasteiger partial charge in [-0.2, -0.15) is 9.36 Å². The maximum Gasteiger partial charge on any atom is 0.213 e. The first-order valence-electron chi connectivity index (χ1n) is 3.71. The summed E-state index contributed by atoms with van der Waals surface area (Å²) in [5, 5.41) is 7.57. The van der Waals surface area contributed by atoms with Gasteiger partial charge in [0.15, 0.2) is 5.82 Å². The Kier molecular flexibility index (Phi) is 2.46. The van der Waals surface area contributed by atoms with Gasteiger partial charge in [-0.05, 0) is 0 Å². The molecule has 0 atom stereocenters. The molecule has 0 spiro atoms. The first-order chi connectivity index (χ1) is 6.45. The van der Waals surface area contributed by atoms with Crippen molar-refractivity contribution in [2.24, 2.45) is 0 Å². The summed E-state index contributed by atoms with van der Waals surface area (Å²) in [7, 11) is 0. The highest BCUT2D eigenvalue weighted by atomic mass is 32.1. The van der Waals surface area contributed by atoms with Crippen LogP contribution in [0.5, 0.6) is 0 Å². The Balaban J connectivity index is 1.76. The highest BCUT2D eigenvalue weighted by Gasteiger charge is 1.98. The zero-order valence-electron chi connectivity index (χ0n) is 6.67. The number of hydrogen-bond acceptors (Lipinski definition) is 7. The van der Waals surface area contributed by atoms with Gasteiger partial charge < -0.3 is 9.84 Å². The topological polar surface area (TPSA) is 76.7 Å². The predicted octanol–water partition coefficient (Wildman–Crippen LogP) is 0.576. The molecule has 0 saturated heterocycles. The van der Waals surface area contributed by atoms with Crippen molar-refractivity contribution >= 4 is 16.7 Å². The standard InChI is InChI=1S/C6H7N5OS/c1(5-9-4-12-11-5)2-7-6-8-3-10-13-6/h3-4H,1-2H2,(H,7,8,10). The molecule has 68 valence electrons. The molecular formula is C6H7N5OS. The second kappa shape index (κ2) is 3.94. The van der Waals surface area contributed by atoms with Gasteiger partial charge >= 0.3 is 0 Å². The van der Waals surface area contributed by atoms with Gasteiger partial charge in [0.2, 0.25) is 11.5 Å². The Morgan fingerprint density at radius 1 is 1.46 bits per heavy atom. The van der Waals surface area contributed by atoms with Gasteiger partial charge in [0.05, 0.1) is 0 Å². The van der Waals surface area contributed by atoms with Crippen LogP contribution in [0.1, 0.15) is 5.82 Å². The van der Waals surface area contributed by atoms with E-state index in [9.17, 15) is 0 Å². The highest BCUT2D eigenvalue weighted by Crippen LogP contribution is 2.05. The fourth-order valence-corrected chi connectivity index (χ4v) is 1.29. The number of aromatic nitrogens is 4. The molecule has 0 aliphatic rings. The molecule has 0 aromatic carbocycles. The normalized spacial score (nSPS) is 10.2. The van der Waals surface area contributed by atoms with E-state index in [1.54, 1.807) is 0 Å². The van der Waals surface area contributed by atoms with Crippen LogP contribution in [-0.2, 0) is 6.42 Å². The van der Waals surface area contributed by atoms with Gasteiger partial charge in [-0.3, -0.25) is 0 Å². The summed E-state index contributed by atoms with van der Waals surface area (Å²) in [4.78, 5) is 7.85. The Labute approximate surface area is 78.2 Å². The SMILES string of the molecule is c1nsc(NCCc2ncon2)n1. The van der Waals surface area contributed by atoms with E-state index >= 15 is 0 Å². The van der Waals surface area contributed by atoms with Crippen molar-refractivity contribution in [2.75, 3.05) is 11.9 Å². The molecular weight excluding hydrogens is 190 g/mol. The molecule has 0 aliphatic heterocycles. The Hall–Kier alpha value is -1.50. The summed E-state index contributed by atoms with van der Waals surface area (Å²) in [6.45, 7) is 0.731. The Morgan fingerprint density at radius 2 is 2.46 bits per heavy atom. The molecule has 0 unspecified atom stereocenters. The molecule has 0 bridgehead atoms. The summed E-state index contributed by atoms with van der Waals surface area (Å²) >= 11 is 1.32. The number of hydrogen-bond donors (Lipinski definition) is 1. The zero-order chi connectivity index (χ0) is 8.93. The largest absolute Gasteiger partial charge is 0.360 e. The molecule has 13 heavy (non-hydrogen) atoms. The van der Waals surface area contributed by atoms with Crippen LogP contribution in [-0.4, -0.2) is 26.0 Å². The van der Waals surface area contributed by atoms with Gasteiger partial charge in [0.1, 0.15) is 6.33 Å². The second-order valence-corrected chi connectivity index (χ2v) is 3.05. The van der Waals surface area contributed by atoms with Crippen molar-refractivity contribution < 1.29 is 4.52 Å². The Bertz CT molecular complexity index is 298. The predicted molar refractivity (Wildman–Crippen MR) is 46.4 cm³/mol. The molecule has 0 radical (unpaired) electrons. The average Bonchev–Trinajstić information content (AvgIpc) is 2.75. The van der Waals surface area contributed by atoms with E-state index in [1.165, 1.54) is 24.3 Å². The molecule has 2 aromatic heterocycles. The number of nitrogens with one attached hydrogen (secondary N) is 1. The third-order valence-corrected chi connectivity index (χ3v) is 2.02. The van der Waals surface area contributed by atoms with Crippen LogP contribution in [0, 0.1) is 0 Å². The van der Waals surface area contributed by atoms with E-state index < -0.39 is 0 Å². The van der Waals surface area contributed by atoms with Crippen LogP contribution in [0.2, 0.25) is 0 Å². The minimum absolute atomic E-state index is 0.692. The van der Waals surface area contributed by atoms with Crippen LogP contribution in [0.15, 0.2) is 17.2 Å². The molecule has 2 aromatic rings. The lowest BCUT2D eigenvalue weighted by Crippen LogP contribution is -2.05. The smallest absolute Gasteiger partial charge is 0.213 e. The van der Waals surface area contributed by atoms with Gasteiger partial charge in [-0.1, -0.05) is 5.16 Å². The fraction of sp³-hybridized carbons (Fsp3) is 0.333. The van der Waals surface area contributed by atoms with Crippen molar-refractivity contribution in [2.45, 2.75) is 6.42 Å². The van der Waals surface area contributed by atoms with E-state index in [0.29, 0.717) is 5.82 Å². The number of rotatable bonds is 4. The van der Waals surface area contributed by atoms with Crippen molar-refractivity contribution in [1.82, 2.24) is 19.5 Å². The van der Waals surface area contributed by atoms with E-state index in [0.717, 1.165) is 18.1 Å². The molecule has 2 heterocycles. The lowest BCUT2D eigenvalue weighted by atomic mass is 10.4. The first kappa shape index (κ1) is 8.11. The maximum atomic E-state index is 4.59. The van der Waals surface area contributed by atoms with E-state index in [-0.39, 0.29) is 0 Å². The van der Waals surface area contributed by atoms with Gasteiger partial charge in [-0.15, -0.1) is 0 Å². The average molecular weight is 197 g/mol.